The molecule has 0 bridgehead atoms. The number of thiophene rings is 1. The Hall–Kier alpha value is -1.87. The fourth-order valence-electron chi connectivity index (χ4n) is 1.48. The average molecular weight is 301 g/mol. The van der Waals surface area contributed by atoms with Crippen molar-refractivity contribution in [3.05, 3.63) is 28.9 Å². The van der Waals surface area contributed by atoms with Gasteiger partial charge in [-0.2, -0.15) is 5.10 Å². The van der Waals surface area contributed by atoms with Crippen LogP contribution in [0.4, 0.5) is 5.69 Å². The van der Waals surface area contributed by atoms with Crippen molar-refractivity contribution in [3.8, 4) is 0 Å². The molecule has 0 aliphatic carbocycles. The molecule has 0 spiro atoms. The largest absolute Gasteiger partial charge is 0.477 e. The Morgan fingerprint density at radius 3 is 2.68 bits per heavy atom. The molecule has 2 aromatic rings. The predicted molar refractivity (Wildman–Crippen MR) is 70.0 cm³/mol. The van der Waals surface area contributed by atoms with Crippen LogP contribution in [0.2, 0.25) is 0 Å². The molecule has 0 unspecified atom stereocenters. The second-order valence-corrected chi connectivity index (χ2v) is 6.85. The minimum atomic E-state index is -3.78. The predicted octanol–water partition coefficient (Wildman–Crippen LogP) is 1.29. The molecule has 102 valence electrons. The van der Waals surface area contributed by atoms with Crippen molar-refractivity contribution in [2.45, 2.75) is 11.1 Å². The summed E-state index contributed by atoms with van der Waals surface area (Å²) in [7, 11) is -2.12. The van der Waals surface area contributed by atoms with Crippen molar-refractivity contribution in [2.24, 2.45) is 7.05 Å². The van der Waals surface area contributed by atoms with Gasteiger partial charge in [-0.05, 0) is 18.6 Å². The molecule has 7 nitrogen and oxygen atoms in total. The molecule has 0 saturated heterocycles. The molecule has 2 rings (SSSR count). The van der Waals surface area contributed by atoms with E-state index in [4.69, 9.17) is 5.11 Å². The lowest BCUT2D eigenvalue weighted by Crippen LogP contribution is -2.10. The van der Waals surface area contributed by atoms with Gasteiger partial charge in [-0.15, -0.1) is 11.3 Å². The van der Waals surface area contributed by atoms with Crippen molar-refractivity contribution in [3.63, 3.8) is 0 Å². The molecule has 19 heavy (non-hydrogen) atoms. The van der Waals surface area contributed by atoms with E-state index in [1.165, 1.54) is 23.1 Å². The van der Waals surface area contributed by atoms with Crippen LogP contribution < -0.4 is 4.72 Å². The van der Waals surface area contributed by atoms with Crippen LogP contribution in [-0.4, -0.2) is 29.3 Å². The molecule has 9 heteroatoms. The second kappa shape index (κ2) is 4.67. The third-order valence-electron chi connectivity index (χ3n) is 2.31. The van der Waals surface area contributed by atoms with E-state index in [2.05, 4.69) is 9.82 Å². The Labute approximate surface area is 113 Å². The van der Waals surface area contributed by atoms with E-state index >= 15 is 0 Å². The van der Waals surface area contributed by atoms with Gasteiger partial charge in [0.05, 0.1) is 11.9 Å². The minimum Gasteiger partial charge on any atom is -0.477 e. The summed E-state index contributed by atoms with van der Waals surface area (Å²) in [6.07, 6.45) is 2.88. The van der Waals surface area contributed by atoms with Crippen molar-refractivity contribution in [1.29, 1.82) is 0 Å². The first-order valence-corrected chi connectivity index (χ1v) is 7.45. The highest BCUT2D eigenvalue weighted by Crippen LogP contribution is 2.27. The molecular formula is C10H11N3O4S2. The lowest BCUT2D eigenvalue weighted by molar-refractivity contribution is 0.0701. The van der Waals surface area contributed by atoms with Gasteiger partial charge < -0.3 is 5.11 Å². The topological polar surface area (TPSA) is 101 Å². The molecule has 2 heterocycles. The first-order chi connectivity index (χ1) is 8.79. The molecule has 0 radical (unpaired) electrons. The lowest BCUT2D eigenvalue weighted by atomic mass is 10.3. The van der Waals surface area contributed by atoms with Crippen molar-refractivity contribution < 1.29 is 18.3 Å². The lowest BCUT2D eigenvalue weighted by Gasteiger charge is -2.02. The molecule has 0 aliphatic heterocycles. The van der Waals surface area contributed by atoms with Crippen molar-refractivity contribution in [1.82, 2.24) is 9.78 Å². The van der Waals surface area contributed by atoms with E-state index < -0.39 is 16.0 Å². The molecule has 0 saturated carbocycles. The summed E-state index contributed by atoms with van der Waals surface area (Å²) in [6, 6.07) is 1.34. The Morgan fingerprint density at radius 1 is 1.53 bits per heavy atom. The highest BCUT2D eigenvalue weighted by atomic mass is 32.2. The number of rotatable bonds is 4. The molecule has 0 atom stereocenters. The summed E-state index contributed by atoms with van der Waals surface area (Å²) >= 11 is 0.723. The zero-order valence-electron chi connectivity index (χ0n) is 10.1. The third kappa shape index (κ3) is 2.76. The van der Waals surface area contributed by atoms with Gasteiger partial charge >= 0.3 is 5.97 Å². The van der Waals surface area contributed by atoms with Gasteiger partial charge in [0.25, 0.3) is 10.0 Å². The zero-order valence-corrected chi connectivity index (χ0v) is 11.7. The van der Waals surface area contributed by atoms with Crippen LogP contribution in [0.15, 0.2) is 22.7 Å². The number of carbonyl (C=O) groups is 1. The summed E-state index contributed by atoms with van der Waals surface area (Å²) < 4.78 is 27.9. The van der Waals surface area contributed by atoms with Gasteiger partial charge in [-0.3, -0.25) is 9.40 Å². The van der Waals surface area contributed by atoms with Crippen LogP contribution in [0.25, 0.3) is 0 Å². The van der Waals surface area contributed by atoms with Crippen molar-refractivity contribution in [2.75, 3.05) is 4.72 Å². The van der Waals surface area contributed by atoms with Crippen LogP contribution in [0.5, 0.6) is 0 Å². The molecular weight excluding hydrogens is 290 g/mol. The molecule has 0 aromatic carbocycles. The smallest absolute Gasteiger partial charge is 0.346 e. The second-order valence-electron chi connectivity index (χ2n) is 3.89. The minimum absolute atomic E-state index is 0.0200. The summed E-state index contributed by atoms with van der Waals surface area (Å²) in [5.41, 5.74) is 0.745. The van der Waals surface area contributed by atoms with Crippen LogP contribution >= 0.6 is 11.3 Å². The average Bonchev–Trinajstić information content (AvgIpc) is 2.84. The monoisotopic (exact) mass is 301 g/mol. The Morgan fingerprint density at radius 2 is 2.21 bits per heavy atom. The summed E-state index contributed by atoms with van der Waals surface area (Å²) in [6.45, 7) is 1.56. The van der Waals surface area contributed by atoms with E-state index in [1.54, 1.807) is 14.0 Å². The Kier molecular flexibility index (Phi) is 3.33. The number of hydrogen-bond donors (Lipinski definition) is 2. The number of nitrogens with zero attached hydrogens (tertiary/aromatic N) is 2. The Bertz CT molecular complexity index is 730. The zero-order chi connectivity index (χ0) is 14.2. The van der Waals surface area contributed by atoms with E-state index in [9.17, 15) is 13.2 Å². The third-order valence-corrected chi connectivity index (χ3v) is 5.39. The van der Waals surface area contributed by atoms with Gasteiger partial charge in [0, 0.05) is 13.2 Å². The van der Waals surface area contributed by atoms with E-state index in [0.717, 1.165) is 11.3 Å². The van der Waals surface area contributed by atoms with Gasteiger partial charge in [0.15, 0.2) is 0 Å². The van der Waals surface area contributed by atoms with Crippen LogP contribution in [0, 0.1) is 6.92 Å². The summed E-state index contributed by atoms with van der Waals surface area (Å²) in [4.78, 5) is 10.9. The number of hydrogen-bond acceptors (Lipinski definition) is 5. The number of carboxylic acid groups (broad SMARTS) is 1. The van der Waals surface area contributed by atoms with Gasteiger partial charge in [-0.25, -0.2) is 13.2 Å². The Balaban J connectivity index is 2.34. The highest BCUT2D eigenvalue weighted by molar-refractivity contribution is 7.94. The number of anilines is 1. The normalized spacial score (nSPS) is 11.5. The SMILES string of the molecule is Cc1cc(S(=O)(=O)Nc2cnn(C)c2)sc1C(=O)O. The standard InChI is InChI=1S/C10H11N3O4S2/c1-6-3-8(18-9(6)10(14)15)19(16,17)12-7-4-11-13(2)5-7/h3-5,12H,1-2H3,(H,14,15). The fraction of sp³-hybridized carbons (Fsp3) is 0.200. The first-order valence-electron chi connectivity index (χ1n) is 5.15. The number of aryl methyl sites for hydroxylation is 2. The van der Waals surface area contributed by atoms with Crippen LogP contribution in [-0.2, 0) is 17.1 Å². The van der Waals surface area contributed by atoms with E-state index in [1.807, 2.05) is 0 Å². The summed E-state index contributed by atoms with van der Waals surface area (Å²) in [5.74, 6) is -1.13. The maximum absolute atomic E-state index is 12.1. The number of carboxylic acids is 1. The maximum Gasteiger partial charge on any atom is 0.346 e. The van der Waals surface area contributed by atoms with E-state index in [0.29, 0.717) is 11.3 Å². The van der Waals surface area contributed by atoms with Crippen molar-refractivity contribution >= 4 is 33.0 Å². The maximum atomic E-state index is 12.1. The molecule has 2 aromatic heterocycles. The van der Waals surface area contributed by atoms with Gasteiger partial charge in [0.2, 0.25) is 0 Å². The number of aromatic nitrogens is 2. The van der Waals surface area contributed by atoms with Crippen LogP contribution in [0.1, 0.15) is 15.2 Å². The molecule has 0 amide bonds. The first kappa shape index (κ1) is 13.6. The molecule has 0 fully saturated rings. The highest BCUT2D eigenvalue weighted by Gasteiger charge is 2.22. The van der Waals surface area contributed by atoms with Gasteiger partial charge in [0.1, 0.15) is 9.09 Å². The van der Waals surface area contributed by atoms with Gasteiger partial charge in [-0.1, -0.05) is 0 Å². The van der Waals surface area contributed by atoms with E-state index in [-0.39, 0.29) is 9.09 Å². The number of aromatic carboxylic acids is 1. The van der Waals surface area contributed by atoms with Crippen LogP contribution in [0.3, 0.4) is 0 Å². The summed E-state index contributed by atoms with van der Waals surface area (Å²) in [5, 5.41) is 12.8. The molecule has 2 N–H and O–H groups in total. The number of nitrogens with one attached hydrogen (secondary N) is 1. The molecule has 0 aliphatic rings. The number of sulfonamides is 1. The fourth-order valence-corrected chi connectivity index (χ4v) is 3.88. The quantitative estimate of drug-likeness (QED) is 0.886.